The number of aliphatic imine (C=N–C) groups is 1. The van der Waals surface area contributed by atoms with Gasteiger partial charge in [-0.25, -0.2) is 0 Å². The molecule has 0 unspecified atom stereocenters. The minimum atomic E-state index is -0.00808. The van der Waals surface area contributed by atoms with Crippen molar-refractivity contribution >= 4 is 47.4 Å². The van der Waals surface area contributed by atoms with E-state index in [2.05, 4.69) is 20.5 Å². The summed E-state index contributed by atoms with van der Waals surface area (Å²) >= 11 is 0. The van der Waals surface area contributed by atoms with Crippen molar-refractivity contribution < 1.29 is 14.3 Å². The second-order valence-electron chi connectivity index (χ2n) is 7.44. The van der Waals surface area contributed by atoms with E-state index in [4.69, 9.17) is 4.74 Å². The fourth-order valence-corrected chi connectivity index (χ4v) is 3.88. The van der Waals surface area contributed by atoms with Gasteiger partial charge in [0, 0.05) is 46.7 Å². The molecule has 2 amide bonds. The summed E-state index contributed by atoms with van der Waals surface area (Å²) in [4.78, 5) is 32.2. The summed E-state index contributed by atoms with van der Waals surface area (Å²) in [5.41, 5.74) is 0.839. The van der Waals surface area contributed by atoms with Crippen LogP contribution < -0.4 is 20.3 Å². The molecule has 0 atom stereocenters. The van der Waals surface area contributed by atoms with E-state index in [0.29, 0.717) is 18.9 Å². The molecule has 2 aliphatic heterocycles. The Balaban J connectivity index is 0.00000320. The van der Waals surface area contributed by atoms with Crippen LogP contribution in [-0.2, 0) is 9.59 Å². The average molecular weight is 529 g/mol. The smallest absolute Gasteiger partial charge is 0.265 e. The zero-order valence-corrected chi connectivity index (χ0v) is 20.1. The predicted molar refractivity (Wildman–Crippen MR) is 129 cm³/mol. The second-order valence-corrected chi connectivity index (χ2v) is 7.44. The van der Waals surface area contributed by atoms with E-state index in [-0.39, 0.29) is 42.4 Å². The number of carbonyl (C=O) groups excluding carboxylic acids is 2. The molecule has 1 saturated heterocycles. The van der Waals surface area contributed by atoms with Gasteiger partial charge in [-0.2, -0.15) is 0 Å². The predicted octanol–water partition coefficient (Wildman–Crippen LogP) is 1.84. The highest BCUT2D eigenvalue weighted by Gasteiger charge is 2.25. The van der Waals surface area contributed by atoms with Gasteiger partial charge in [0.05, 0.1) is 5.69 Å². The Morgan fingerprint density at radius 3 is 2.70 bits per heavy atom. The summed E-state index contributed by atoms with van der Waals surface area (Å²) in [6.07, 6.45) is 3.40. The highest BCUT2D eigenvalue weighted by atomic mass is 127. The third-order valence-electron chi connectivity index (χ3n) is 5.53. The molecule has 9 heteroatoms. The number of nitrogens with zero attached hydrogens (tertiary/aromatic N) is 3. The zero-order valence-electron chi connectivity index (χ0n) is 17.7. The van der Waals surface area contributed by atoms with Gasteiger partial charge in [-0.15, -0.1) is 24.0 Å². The monoisotopic (exact) mass is 529 g/mol. The highest BCUT2D eigenvalue weighted by Crippen LogP contribution is 2.31. The third-order valence-corrected chi connectivity index (χ3v) is 5.53. The quantitative estimate of drug-likeness (QED) is 0.254. The molecule has 0 aromatic heterocycles. The molecule has 8 nitrogen and oxygen atoms in total. The van der Waals surface area contributed by atoms with Crippen LogP contribution in [0.5, 0.6) is 5.75 Å². The summed E-state index contributed by atoms with van der Waals surface area (Å²) < 4.78 is 5.49. The van der Waals surface area contributed by atoms with Gasteiger partial charge in [0.25, 0.3) is 5.91 Å². The molecule has 0 radical (unpaired) electrons. The molecule has 30 heavy (non-hydrogen) atoms. The van der Waals surface area contributed by atoms with Crippen LogP contribution in [0.3, 0.4) is 0 Å². The molecule has 2 aliphatic rings. The molecular formula is C21H32IN5O3. The fourth-order valence-electron chi connectivity index (χ4n) is 3.88. The number of hydrogen-bond acceptors (Lipinski definition) is 4. The van der Waals surface area contributed by atoms with Crippen molar-refractivity contribution in [2.24, 2.45) is 10.9 Å². The summed E-state index contributed by atoms with van der Waals surface area (Å²) in [5, 5.41) is 6.12. The van der Waals surface area contributed by atoms with E-state index in [1.807, 2.05) is 24.3 Å². The molecule has 0 aliphatic carbocycles. The number of amides is 2. The number of fused-ring (bicyclic) bond motifs is 1. The third kappa shape index (κ3) is 6.23. The van der Waals surface area contributed by atoms with E-state index < -0.39 is 0 Å². The largest absolute Gasteiger partial charge is 0.482 e. The topological polar surface area (TPSA) is 86.3 Å². The molecule has 2 heterocycles. The van der Waals surface area contributed by atoms with Crippen molar-refractivity contribution in [3.8, 4) is 5.75 Å². The summed E-state index contributed by atoms with van der Waals surface area (Å²) in [5.74, 6) is 2.20. The summed E-state index contributed by atoms with van der Waals surface area (Å²) in [7, 11) is 3.48. The summed E-state index contributed by atoms with van der Waals surface area (Å²) in [6.45, 7) is 3.26. The Hall–Kier alpha value is -2.04. The minimum Gasteiger partial charge on any atom is -0.482 e. The number of hydrogen-bond donors (Lipinski definition) is 2. The van der Waals surface area contributed by atoms with Gasteiger partial charge in [0.15, 0.2) is 12.6 Å². The van der Waals surface area contributed by atoms with Crippen LogP contribution in [0.2, 0.25) is 0 Å². The second kappa shape index (κ2) is 12.0. The van der Waals surface area contributed by atoms with Gasteiger partial charge in [0.2, 0.25) is 5.91 Å². The average Bonchev–Trinajstić information content (AvgIpc) is 2.75. The lowest BCUT2D eigenvalue weighted by Crippen LogP contribution is -2.47. The first-order valence-corrected chi connectivity index (χ1v) is 10.3. The van der Waals surface area contributed by atoms with Crippen molar-refractivity contribution in [1.82, 2.24) is 15.5 Å². The normalized spacial score (nSPS) is 17.0. The van der Waals surface area contributed by atoms with Crippen molar-refractivity contribution in [3.05, 3.63) is 24.3 Å². The highest BCUT2D eigenvalue weighted by molar-refractivity contribution is 14.0. The molecule has 1 aromatic rings. The number of benzene rings is 1. The molecule has 1 aromatic carbocycles. The lowest BCUT2D eigenvalue weighted by molar-refractivity contribution is -0.122. The maximum absolute atomic E-state index is 12.2. The van der Waals surface area contributed by atoms with Gasteiger partial charge in [0.1, 0.15) is 5.75 Å². The van der Waals surface area contributed by atoms with Crippen molar-refractivity contribution in [1.29, 1.82) is 0 Å². The molecule has 3 rings (SSSR count). The minimum absolute atomic E-state index is 0. The van der Waals surface area contributed by atoms with Crippen LogP contribution in [0.1, 0.15) is 25.7 Å². The van der Waals surface area contributed by atoms with Crippen LogP contribution in [0.15, 0.2) is 29.3 Å². The van der Waals surface area contributed by atoms with Crippen molar-refractivity contribution in [2.45, 2.75) is 25.7 Å². The Morgan fingerprint density at radius 1 is 1.27 bits per heavy atom. The van der Waals surface area contributed by atoms with Gasteiger partial charge in [-0.3, -0.25) is 14.6 Å². The molecule has 0 saturated carbocycles. The standard InChI is InChI=1S/C21H31N5O3.HI/c1-22-19(27)14-16-8-12-25(13-9-16)21(23-2)24-10-5-11-26-17-6-3-4-7-18(17)29-15-20(26)28;/h3-4,6-7,16H,5,8-15H2,1-2H3,(H,22,27)(H,23,24);1H. The molecule has 0 bridgehead atoms. The zero-order chi connectivity index (χ0) is 20.6. The van der Waals surface area contributed by atoms with E-state index in [0.717, 1.165) is 56.3 Å². The van der Waals surface area contributed by atoms with E-state index in [9.17, 15) is 9.59 Å². The molecular weight excluding hydrogens is 497 g/mol. The Morgan fingerprint density at radius 2 is 2.00 bits per heavy atom. The number of carbonyl (C=O) groups is 2. The van der Waals surface area contributed by atoms with Crippen molar-refractivity contribution in [3.63, 3.8) is 0 Å². The van der Waals surface area contributed by atoms with E-state index in [1.165, 1.54) is 0 Å². The maximum Gasteiger partial charge on any atom is 0.265 e. The number of nitrogens with one attached hydrogen (secondary N) is 2. The number of likely N-dealkylation sites (tertiary alicyclic amines) is 1. The van der Waals surface area contributed by atoms with E-state index in [1.54, 1.807) is 19.0 Å². The lowest BCUT2D eigenvalue weighted by Gasteiger charge is -2.34. The molecule has 2 N–H and O–H groups in total. The number of anilines is 1. The van der Waals surface area contributed by atoms with Crippen LogP contribution in [0.4, 0.5) is 5.69 Å². The Bertz CT molecular complexity index is 750. The number of para-hydroxylation sites is 2. The Labute approximate surface area is 195 Å². The summed E-state index contributed by atoms with van der Waals surface area (Å²) in [6, 6.07) is 7.64. The van der Waals surface area contributed by atoms with Crippen LogP contribution in [0, 0.1) is 5.92 Å². The first kappa shape index (κ1) is 24.2. The Kier molecular flexibility index (Phi) is 9.67. The van der Waals surface area contributed by atoms with Crippen molar-refractivity contribution in [2.75, 3.05) is 51.8 Å². The number of guanidine groups is 1. The SMILES string of the molecule is CN=C(NCCCN1C(=O)COc2ccccc21)N1CCC(CC(=O)NC)CC1.I. The maximum atomic E-state index is 12.2. The molecule has 1 fully saturated rings. The van der Waals surface area contributed by atoms with Gasteiger partial charge in [-0.1, -0.05) is 12.1 Å². The first-order chi connectivity index (χ1) is 14.1. The van der Waals surface area contributed by atoms with Crippen LogP contribution in [0.25, 0.3) is 0 Å². The van der Waals surface area contributed by atoms with E-state index >= 15 is 0 Å². The van der Waals surface area contributed by atoms with Gasteiger partial charge >= 0.3 is 0 Å². The first-order valence-electron chi connectivity index (χ1n) is 10.3. The molecule has 0 spiro atoms. The number of halogens is 1. The lowest BCUT2D eigenvalue weighted by atomic mass is 9.93. The van der Waals surface area contributed by atoms with Crippen LogP contribution >= 0.6 is 24.0 Å². The number of piperidine rings is 1. The fraction of sp³-hybridized carbons (Fsp3) is 0.571. The number of ether oxygens (including phenoxy) is 1. The van der Waals surface area contributed by atoms with Gasteiger partial charge in [-0.05, 0) is 37.3 Å². The van der Waals surface area contributed by atoms with Gasteiger partial charge < -0.3 is 25.2 Å². The van der Waals surface area contributed by atoms with Crippen LogP contribution in [-0.4, -0.2) is 69.6 Å². The molecule has 166 valence electrons. The number of rotatable bonds is 6.